The average Bonchev–Trinajstić information content (AvgIpc) is 3.06. The van der Waals surface area contributed by atoms with Gasteiger partial charge in [-0.1, -0.05) is 6.92 Å². The zero-order valence-electron chi connectivity index (χ0n) is 11.6. The molecule has 22 heavy (non-hydrogen) atoms. The van der Waals surface area contributed by atoms with Gasteiger partial charge in [0.05, 0.1) is 11.1 Å². The Labute approximate surface area is 128 Å². The summed E-state index contributed by atoms with van der Waals surface area (Å²) in [4.78, 5) is 13.4. The third-order valence-electron chi connectivity index (χ3n) is 2.60. The standard InChI is InChI=1S/C13H13F3N4OS/c1-2-10-3-4-11(22-10)12(21)18-17-7-9-5-6-20(19-9)8-13(14,15)16/h3-7H,2,8H2,1H3,(H,18,21)/b17-7+. The van der Waals surface area contributed by atoms with E-state index < -0.39 is 12.7 Å². The first-order chi connectivity index (χ1) is 10.4. The molecule has 118 valence electrons. The Balaban J connectivity index is 1.91. The van der Waals surface area contributed by atoms with E-state index in [1.807, 2.05) is 13.0 Å². The first kappa shape index (κ1) is 16.2. The van der Waals surface area contributed by atoms with Crippen LogP contribution in [0.2, 0.25) is 0 Å². The van der Waals surface area contributed by atoms with Gasteiger partial charge < -0.3 is 0 Å². The minimum absolute atomic E-state index is 0.227. The van der Waals surface area contributed by atoms with Crippen molar-refractivity contribution in [3.8, 4) is 0 Å². The predicted molar refractivity (Wildman–Crippen MR) is 77.0 cm³/mol. The Morgan fingerprint density at radius 1 is 1.45 bits per heavy atom. The predicted octanol–water partition coefficient (Wildman–Crippen LogP) is 2.83. The van der Waals surface area contributed by atoms with Crippen LogP contribution in [0.1, 0.15) is 27.2 Å². The lowest BCUT2D eigenvalue weighted by Crippen LogP contribution is -2.18. The molecule has 9 heteroatoms. The number of hydrogen-bond acceptors (Lipinski definition) is 4. The molecule has 2 heterocycles. The van der Waals surface area contributed by atoms with Gasteiger partial charge in [-0.2, -0.15) is 23.4 Å². The summed E-state index contributed by atoms with van der Waals surface area (Å²) >= 11 is 1.37. The van der Waals surface area contributed by atoms with E-state index in [1.165, 1.54) is 29.8 Å². The first-order valence-electron chi connectivity index (χ1n) is 6.39. The van der Waals surface area contributed by atoms with E-state index in [0.717, 1.165) is 16.0 Å². The molecule has 0 radical (unpaired) electrons. The monoisotopic (exact) mass is 330 g/mol. The second-order valence-corrected chi connectivity index (χ2v) is 5.54. The number of nitrogens with zero attached hydrogens (tertiary/aromatic N) is 3. The summed E-state index contributed by atoms with van der Waals surface area (Å²) in [6.07, 6.45) is -1.09. The lowest BCUT2D eigenvalue weighted by Gasteiger charge is -2.04. The summed E-state index contributed by atoms with van der Waals surface area (Å²) in [6, 6.07) is 4.94. The molecule has 0 aliphatic rings. The molecule has 0 atom stereocenters. The number of alkyl halides is 3. The fourth-order valence-electron chi connectivity index (χ4n) is 1.62. The Kier molecular flexibility index (Phi) is 4.96. The molecule has 0 saturated carbocycles. The molecular weight excluding hydrogens is 317 g/mol. The Morgan fingerprint density at radius 3 is 2.86 bits per heavy atom. The molecule has 0 saturated heterocycles. The summed E-state index contributed by atoms with van der Waals surface area (Å²) in [5.41, 5.74) is 2.54. The van der Waals surface area contributed by atoms with Crippen LogP contribution in [0.4, 0.5) is 13.2 Å². The van der Waals surface area contributed by atoms with Crippen LogP contribution >= 0.6 is 11.3 Å². The maximum absolute atomic E-state index is 12.2. The number of carbonyl (C=O) groups is 1. The molecule has 0 bridgehead atoms. The largest absolute Gasteiger partial charge is 0.408 e. The Bertz CT molecular complexity index is 675. The molecule has 0 aromatic carbocycles. The van der Waals surface area contributed by atoms with E-state index in [2.05, 4.69) is 15.6 Å². The number of rotatable bonds is 5. The summed E-state index contributed by atoms with van der Waals surface area (Å²) in [5.74, 6) is -0.365. The van der Waals surface area contributed by atoms with Gasteiger partial charge in [0.25, 0.3) is 5.91 Å². The van der Waals surface area contributed by atoms with Crippen molar-refractivity contribution in [3.05, 3.63) is 39.8 Å². The smallest absolute Gasteiger partial charge is 0.266 e. The number of thiophene rings is 1. The number of hydrazone groups is 1. The fourth-order valence-corrected chi connectivity index (χ4v) is 2.46. The van der Waals surface area contributed by atoms with Crippen LogP contribution < -0.4 is 5.43 Å². The van der Waals surface area contributed by atoms with Crippen molar-refractivity contribution >= 4 is 23.5 Å². The maximum Gasteiger partial charge on any atom is 0.408 e. The second-order valence-electron chi connectivity index (χ2n) is 4.37. The van der Waals surface area contributed by atoms with Gasteiger partial charge in [0, 0.05) is 11.1 Å². The van der Waals surface area contributed by atoms with Crippen LogP contribution in [-0.2, 0) is 13.0 Å². The topological polar surface area (TPSA) is 59.3 Å². The minimum Gasteiger partial charge on any atom is -0.266 e. The van der Waals surface area contributed by atoms with Gasteiger partial charge in [0.2, 0.25) is 0 Å². The van der Waals surface area contributed by atoms with Gasteiger partial charge in [0.15, 0.2) is 0 Å². The van der Waals surface area contributed by atoms with Crippen molar-refractivity contribution in [1.29, 1.82) is 0 Å². The van der Waals surface area contributed by atoms with Gasteiger partial charge in [-0.25, -0.2) is 5.43 Å². The molecule has 1 N–H and O–H groups in total. The van der Waals surface area contributed by atoms with E-state index >= 15 is 0 Å². The van der Waals surface area contributed by atoms with Crippen molar-refractivity contribution in [3.63, 3.8) is 0 Å². The van der Waals surface area contributed by atoms with Gasteiger partial charge in [0.1, 0.15) is 12.2 Å². The highest BCUT2D eigenvalue weighted by Gasteiger charge is 2.28. The highest BCUT2D eigenvalue weighted by atomic mass is 32.1. The summed E-state index contributed by atoms with van der Waals surface area (Å²) in [5, 5.41) is 7.37. The van der Waals surface area contributed by atoms with Crippen LogP contribution in [0.15, 0.2) is 29.5 Å². The second kappa shape index (κ2) is 6.73. The number of aryl methyl sites for hydroxylation is 1. The van der Waals surface area contributed by atoms with Crippen LogP contribution in [0, 0.1) is 0 Å². The quantitative estimate of drug-likeness (QED) is 0.677. The molecule has 0 aliphatic carbocycles. The summed E-state index contributed by atoms with van der Waals surface area (Å²) in [7, 11) is 0. The van der Waals surface area contributed by atoms with E-state index in [0.29, 0.717) is 4.88 Å². The molecule has 2 aromatic rings. The van der Waals surface area contributed by atoms with Crippen molar-refractivity contribution in [2.75, 3.05) is 0 Å². The molecule has 2 rings (SSSR count). The number of nitrogens with one attached hydrogen (secondary N) is 1. The van der Waals surface area contributed by atoms with E-state index in [9.17, 15) is 18.0 Å². The third-order valence-corrected chi connectivity index (χ3v) is 3.83. The van der Waals surface area contributed by atoms with E-state index in [-0.39, 0.29) is 11.6 Å². The zero-order chi connectivity index (χ0) is 16.2. The Hall–Kier alpha value is -2.16. The Morgan fingerprint density at radius 2 is 2.23 bits per heavy atom. The molecule has 1 amide bonds. The highest BCUT2D eigenvalue weighted by Crippen LogP contribution is 2.17. The van der Waals surface area contributed by atoms with Gasteiger partial charge in [-0.05, 0) is 24.6 Å². The number of aromatic nitrogens is 2. The van der Waals surface area contributed by atoms with Gasteiger partial charge >= 0.3 is 6.18 Å². The first-order valence-corrected chi connectivity index (χ1v) is 7.21. The summed E-state index contributed by atoms with van der Waals surface area (Å²) in [6.45, 7) is 0.825. The lowest BCUT2D eigenvalue weighted by molar-refractivity contribution is -0.142. The van der Waals surface area contributed by atoms with Crippen LogP contribution in [0.3, 0.4) is 0 Å². The average molecular weight is 330 g/mol. The van der Waals surface area contributed by atoms with Crippen LogP contribution in [-0.4, -0.2) is 28.1 Å². The van der Waals surface area contributed by atoms with Gasteiger partial charge in [-0.15, -0.1) is 11.3 Å². The molecule has 0 fully saturated rings. The molecule has 0 spiro atoms. The highest BCUT2D eigenvalue weighted by molar-refractivity contribution is 7.14. The van der Waals surface area contributed by atoms with Crippen molar-refractivity contribution in [2.24, 2.45) is 5.10 Å². The SMILES string of the molecule is CCc1ccc(C(=O)N/N=C/c2ccn(CC(F)(F)F)n2)s1. The maximum atomic E-state index is 12.2. The van der Waals surface area contributed by atoms with Crippen LogP contribution in [0.25, 0.3) is 0 Å². The lowest BCUT2D eigenvalue weighted by atomic mass is 10.3. The minimum atomic E-state index is -4.33. The van der Waals surface area contributed by atoms with Gasteiger partial charge in [-0.3, -0.25) is 9.48 Å². The fraction of sp³-hybridized carbons (Fsp3) is 0.308. The van der Waals surface area contributed by atoms with Crippen molar-refractivity contribution < 1.29 is 18.0 Å². The molecular formula is C13H13F3N4OS. The van der Waals surface area contributed by atoms with E-state index in [4.69, 9.17) is 0 Å². The molecule has 0 aliphatic heterocycles. The molecule has 0 unspecified atom stereocenters. The normalized spacial score (nSPS) is 12.0. The van der Waals surface area contributed by atoms with Crippen molar-refractivity contribution in [2.45, 2.75) is 26.1 Å². The number of carbonyl (C=O) groups excluding carboxylic acids is 1. The number of amides is 1. The third kappa shape index (κ3) is 4.69. The van der Waals surface area contributed by atoms with Crippen LogP contribution in [0.5, 0.6) is 0 Å². The number of halogens is 3. The zero-order valence-corrected chi connectivity index (χ0v) is 12.4. The van der Waals surface area contributed by atoms with E-state index in [1.54, 1.807) is 6.07 Å². The van der Waals surface area contributed by atoms with Crippen molar-refractivity contribution in [1.82, 2.24) is 15.2 Å². The molecule has 2 aromatic heterocycles. The number of hydrogen-bond donors (Lipinski definition) is 1. The summed E-state index contributed by atoms with van der Waals surface area (Å²) < 4.78 is 37.3. The molecule has 5 nitrogen and oxygen atoms in total.